The van der Waals surface area contributed by atoms with E-state index in [0.29, 0.717) is 18.0 Å². The van der Waals surface area contributed by atoms with Crippen molar-refractivity contribution in [3.63, 3.8) is 0 Å². The number of benzene rings is 1. The van der Waals surface area contributed by atoms with Gasteiger partial charge in [0.15, 0.2) is 0 Å². The van der Waals surface area contributed by atoms with Crippen LogP contribution in [0.1, 0.15) is 36.4 Å². The number of sulfone groups is 1. The Balaban J connectivity index is 2.37. The molecule has 0 unspecified atom stereocenters. The second kappa shape index (κ2) is 6.84. The summed E-state index contributed by atoms with van der Waals surface area (Å²) >= 11 is 0. The summed E-state index contributed by atoms with van der Waals surface area (Å²) in [6.07, 6.45) is 0. The third-order valence-corrected chi connectivity index (χ3v) is 5.39. The third-order valence-electron chi connectivity index (χ3n) is 3.81. The molecular formula is C17H24N2O3S. The molecule has 0 saturated heterocycles. The van der Waals surface area contributed by atoms with Gasteiger partial charge in [0, 0.05) is 12.2 Å². The highest BCUT2D eigenvalue weighted by molar-refractivity contribution is 7.90. The average molecular weight is 336 g/mol. The van der Waals surface area contributed by atoms with Crippen LogP contribution in [0, 0.1) is 19.8 Å². The maximum Gasteiger partial charge on any atom is 0.228 e. The molecule has 0 radical (unpaired) electrons. The lowest BCUT2D eigenvalue weighted by Gasteiger charge is -2.13. The fourth-order valence-electron chi connectivity index (χ4n) is 2.47. The topological polar surface area (TPSA) is 72.2 Å². The van der Waals surface area contributed by atoms with Crippen LogP contribution in [0.15, 0.2) is 29.4 Å². The molecule has 0 aliphatic rings. The van der Waals surface area contributed by atoms with Gasteiger partial charge in [0.25, 0.3) is 0 Å². The van der Waals surface area contributed by atoms with Gasteiger partial charge in [-0.2, -0.15) is 0 Å². The molecular weight excluding hydrogens is 312 g/mol. The van der Waals surface area contributed by atoms with Crippen molar-refractivity contribution in [2.45, 2.75) is 51.8 Å². The van der Waals surface area contributed by atoms with Crippen molar-refractivity contribution in [2.75, 3.05) is 0 Å². The molecule has 0 bridgehead atoms. The van der Waals surface area contributed by atoms with Crippen LogP contribution in [0.25, 0.3) is 0 Å². The molecule has 2 rings (SSSR count). The van der Waals surface area contributed by atoms with E-state index < -0.39 is 9.84 Å². The van der Waals surface area contributed by atoms with Gasteiger partial charge in [-0.1, -0.05) is 38.1 Å². The Kier molecular flexibility index (Phi) is 5.26. The molecule has 0 saturated carbocycles. The molecule has 0 aliphatic carbocycles. The third kappa shape index (κ3) is 4.00. The molecule has 2 aromatic rings. The van der Waals surface area contributed by atoms with Crippen molar-refractivity contribution in [1.29, 1.82) is 0 Å². The molecule has 126 valence electrons. The molecule has 1 heterocycles. The van der Waals surface area contributed by atoms with E-state index in [1.165, 1.54) is 0 Å². The highest BCUT2D eigenvalue weighted by Crippen LogP contribution is 2.21. The molecule has 0 fully saturated rings. The van der Waals surface area contributed by atoms with Gasteiger partial charge < -0.3 is 9.67 Å². The monoisotopic (exact) mass is 336 g/mol. The smallest absolute Gasteiger partial charge is 0.228 e. The summed E-state index contributed by atoms with van der Waals surface area (Å²) in [5, 5.41) is 9.21. The number of hydrogen-bond donors (Lipinski definition) is 1. The van der Waals surface area contributed by atoms with E-state index >= 15 is 0 Å². The molecule has 1 aromatic carbocycles. The minimum absolute atomic E-state index is 0.0514. The number of aromatic nitrogens is 2. The number of nitrogens with zero attached hydrogens (tertiary/aromatic N) is 2. The fraction of sp³-hybridized carbons (Fsp3) is 0.471. The van der Waals surface area contributed by atoms with Gasteiger partial charge in [-0.25, -0.2) is 13.4 Å². The summed E-state index contributed by atoms with van der Waals surface area (Å²) in [5.74, 6) is 0.243. The van der Waals surface area contributed by atoms with E-state index in [2.05, 4.69) is 18.8 Å². The van der Waals surface area contributed by atoms with E-state index in [-0.39, 0.29) is 17.5 Å². The first kappa shape index (κ1) is 17.7. The Labute approximate surface area is 137 Å². The summed E-state index contributed by atoms with van der Waals surface area (Å²) < 4.78 is 27.4. The molecule has 0 atom stereocenters. The Bertz CT molecular complexity index is 775. The number of hydrogen-bond acceptors (Lipinski definition) is 4. The first-order valence-electron chi connectivity index (χ1n) is 7.69. The van der Waals surface area contributed by atoms with Crippen LogP contribution in [0.4, 0.5) is 0 Å². The SMILES string of the molecule is Cc1nc(S(=O)(=O)Cc2ccc(CO)cc2)n(CC(C)C)c1C. The minimum Gasteiger partial charge on any atom is -0.392 e. The Morgan fingerprint density at radius 1 is 1.13 bits per heavy atom. The molecule has 5 nitrogen and oxygen atoms in total. The van der Waals surface area contributed by atoms with Crippen LogP contribution in [0.3, 0.4) is 0 Å². The Morgan fingerprint density at radius 2 is 1.70 bits per heavy atom. The second-order valence-corrected chi connectivity index (χ2v) is 8.19. The van der Waals surface area contributed by atoms with Crippen LogP contribution < -0.4 is 0 Å². The molecule has 6 heteroatoms. The quantitative estimate of drug-likeness (QED) is 0.880. The van der Waals surface area contributed by atoms with Gasteiger partial charge in [-0.3, -0.25) is 0 Å². The van der Waals surface area contributed by atoms with E-state index in [9.17, 15) is 8.42 Å². The van der Waals surface area contributed by atoms with Crippen molar-refractivity contribution >= 4 is 9.84 Å². The maximum atomic E-state index is 12.8. The number of rotatable bonds is 6. The van der Waals surface area contributed by atoms with Gasteiger partial charge in [0.1, 0.15) is 0 Å². The second-order valence-electron chi connectivity index (χ2n) is 6.30. The first-order chi connectivity index (χ1) is 10.7. The molecule has 0 aliphatic heterocycles. The van der Waals surface area contributed by atoms with Crippen molar-refractivity contribution in [2.24, 2.45) is 5.92 Å². The van der Waals surface area contributed by atoms with Gasteiger partial charge in [-0.05, 0) is 30.9 Å². The lowest BCUT2D eigenvalue weighted by atomic mass is 10.2. The zero-order valence-electron chi connectivity index (χ0n) is 14.1. The summed E-state index contributed by atoms with van der Waals surface area (Å²) in [6, 6.07) is 6.95. The van der Waals surface area contributed by atoms with Crippen molar-refractivity contribution in [1.82, 2.24) is 9.55 Å². The van der Waals surface area contributed by atoms with Crippen molar-refractivity contribution in [3.05, 3.63) is 46.8 Å². The number of imidazole rings is 1. The number of aryl methyl sites for hydroxylation is 1. The Hall–Kier alpha value is -1.66. The largest absolute Gasteiger partial charge is 0.392 e. The summed E-state index contributed by atoms with van der Waals surface area (Å²) in [7, 11) is -3.52. The molecule has 1 N–H and O–H groups in total. The van der Waals surface area contributed by atoms with E-state index in [1.54, 1.807) is 28.8 Å². The number of aliphatic hydroxyl groups excluding tert-OH is 1. The van der Waals surface area contributed by atoms with E-state index in [1.807, 2.05) is 13.8 Å². The van der Waals surface area contributed by atoms with Gasteiger partial charge >= 0.3 is 0 Å². The zero-order valence-corrected chi connectivity index (χ0v) is 14.9. The summed E-state index contributed by atoms with van der Waals surface area (Å²) in [5.41, 5.74) is 3.10. The summed E-state index contributed by atoms with van der Waals surface area (Å²) in [4.78, 5) is 4.30. The van der Waals surface area contributed by atoms with Crippen LogP contribution >= 0.6 is 0 Å². The van der Waals surface area contributed by atoms with Crippen LogP contribution in [-0.4, -0.2) is 23.1 Å². The predicted octanol–water partition coefficient (Wildman–Crippen LogP) is 2.62. The minimum atomic E-state index is -3.52. The predicted molar refractivity (Wildman–Crippen MR) is 89.8 cm³/mol. The highest BCUT2D eigenvalue weighted by Gasteiger charge is 2.25. The van der Waals surface area contributed by atoms with E-state index in [4.69, 9.17) is 5.11 Å². The van der Waals surface area contributed by atoms with Crippen LogP contribution in [-0.2, 0) is 28.7 Å². The molecule has 0 spiro atoms. The lowest BCUT2D eigenvalue weighted by molar-refractivity contribution is 0.282. The zero-order chi connectivity index (χ0) is 17.2. The lowest BCUT2D eigenvalue weighted by Crippen LogP contribution is -2.16. The molecule has 23 heavy (non-hydrogen) atoms. The standard InChI is InChI=1S/C17H24N2O3S/c1-12(2)9-19-14(4)13(3)18-17(19)23(21,22)11-16-7-5-15(10-20)6-8-16/h5-8,12,20H,9-11H2,1-4H3. The van der Waals surface area contributed by atoms with Crippen LogP contribution in [0.2, 0.25) is 0 Å². The highest BCUT2D eigenvalue weighted by atomic mass is 32.2. The fourth-order valence-corrected chi connectivity index (χ4v) is 4.05. The van der Waals surface area contributed by atoms with Crippen molar-refractivity contribution in [3.8, 4) is 0 Å². The van der Waals surface area contributed by atoms with Gasteiger partial charge in [0.05, 0.1) is 18.1 Å². The van der Waals surface area contributed by atoms with E-state index in [0.717, 1.165) is 17.0 Å². The normalized spacial score (nSPS) is 12.1. The average Bonchev–Trinajstić information content (AvgIpc) is 2.76. The molecule has 1 aromatic heterocycles. The first-order valence-corrected chi connectivity index (χ1v) is 9.35. The number of aliphatic hydroxyl groups is 1. The van der Waals surface area contributed by atoms with Crippen molar-refractivity contribution < 1.29 is 13.5 Å². The van der Waals surface area contributed by atoms with Crippen LogP contribution in [0.5, 0.6) is 0 Å². The van der Waals surface area contributed by atoms with Gasteiger partial charge in [-0.15, -0.1) is 0 Å². The van der Waals surface area contributed by atoms with Gasteiger partial charge in [0.2, 0.25) is 15.0 Å². The Morgan fingerprint density at radius 3 is 2.22 bits per heavy atom. The summed E-state index contributed by atoms with van der Waals surface area (Å²) in [6.45, 7) is 8.42. The maximum absolute atomic E-state index is 12.8. The molecule has 0 amide bonds.